The Bertz CT molecular complexity index is 1110. The van der Waals surface area contributed by atoms with E-state index in [-0.39, 0.29) is 5.56 Å². The van der Waals surface area contributed by atoms with Gasteiger partial charge >= 0.3 is 0 Å². The molecule has 0 radical (unpaired) electrons. The van der Waals surface area contributed by atoms with Gasteiger partial charge in [-0.2, -0.15) is 0 Å². The molecule has 5 heteroatoms. The van der Waals surface area contributed by atoms with E-state index in [1.54, 1.807) is 7.11 Å². The second-order valence-corrected chi connectivity index (χ2v) is 6.93. The molecule has 0 aliphatic heterocycles. The number of rotatable bonds is 3. The number of fused-ring (bicyclic) bond motifs is 1. The van der Waals surface area contributed by atoms with Crippen LogP contribution in [0, 0.1) is 6.92 Å². The summed E-state index contributed by atoms with van der Waals surface area (Å²) in [4.78, 5) is 22.2. The minimum absolute atomic E-state index is 0.119. The third-order valence-electron chi connectivity index (χ3n) is 4.14. The summed E-state index contributed by atoms with van der Waals surface area (Å²) in [5, 5.41) is 0.635. The van der Waals surface area contributed by atoms with E-state index in [2.05, 4.69) is 9.97 Å². The number of hydrogen-bond acceptors (Lipinski definition) is 4. The molecule has 2 aromatic heterocycles. The molecular weight excluding hydrogens is 332 g/mol. The quantitative estimate of drug-likeness (QED) is 0.587. The van der Waals surface area contributed by atoms with Gasteiger partial charge in [-0.05, 0) is 24.6 Å². The Morgan fingerprint density at radius 3 is 2.56 bits per heavy atom. The first kappa shape index (κ1) is 15.6. The van der Waals surface area contributed by atoms with Gasteiger partial charge in [0.15, 0.2) is 0 Å². The standard InChI is InChI=1S/C20H16N2O2S/c1-12-16(14-9-6-10-15(11-14)24-2)17-19(23)21-18(22-20(17)25-12)13-7-4-3-5-8-13/h3-11H,1-2H3,(H,21,22,23). The summed E-state index contributed by atoms with van der Waals surface area (Å²) in [5.41, 5.74) is 2.66. The highest BCUT2D eigenvalue weighted by Crippen LogP contribution is 2.37. The zero-order valence-corrected chi connectivity index (χ0v) is 14.7. The number of ether oxygens (including phenoxy) is 1. The largest absolute Gasteiger partial charge is 0.497 e. The number of nitrogens with one attached hydrogen (secondary N) is 1. The lowest BCUT2D eigenvalue weighted by Crippen LogP contribution is -2.09. The fraction of sp³-hybridized carbons (Fsp3) is 0.100. The molecule has 0 fully saturated rings. The molecule has 2 aromatic carbocycles. The summed E-state index contributed by atoms with van der Waals surface area (Å²) in [6.07, 6.45) is 0. The molecule has 4 aromatic rings. The number of H-pyrrole nitrogens is 1. The number of benzene rings is 2. The molecule has 0 bridgehead atoms. The third kappa shape index (κ3) is 2.72. The Balaban J connectivity index is 1.96. The molecule has 4 nitrogen and oxygen atoms in total. The topological polar surface area (TPSA) is 55.0 Å². The molecule has 0 aliphatic rings. The third-order valence-corrected chi connectivity index (χ3v) is 5.14. The number of thiophene rings is 1. The molecule has 0 spiro atoms. The van der Waals surface area contributed by atoms with Crippen LogP contribution in [0.15, 0.2) is 59.4 Å². The van der Waals surface area contributed by atoms with Crippen LogP contribution in [0.3, 0.4) is 0 Å². The molecule has 124 valence electrons. The van der Waals surface area contributed by atoms with Crippen molar-refractivity contribution >= 4 is 21.6 Å². The number of aryl methyl sites for hydroxylation is 1. The highest BCUT2D eigenvalue weighted by Gasteiger charge is 2.17. The fourth-order valence-electron chi connectivity index (χ4n) is 2.98. The highest BCUT2D eigenvalue weighted by molar-refractivity contribution is 7.19. The van der Waals surface area contributed by atoms with Crippen molar-refractivity contribution in [3.05, 3.63) is 69.8 Å². The molecule has 1 N–H and O–H groups in total. The Morgan fingerprint density at radius 1 is 1.04 bits per heavy atom. The Hall–Kier alpha value is -2.92. The summed E-state index contributed by atoms with van der Waals surface area (Å²) in [5.74, 6) is 1.36. The van der Waals surface area contributed by atoms with Crippen molar-refractivity contribution in [1.29, 1.82) is 0 Å². The van der Waals surface area contributed by atoms with Gasteiger partial charge in [-0.25, -0.2) is 4.98 Å². The number of aromatic amines is 1. The van der Waals surface area contributed by atoms with Crippen LogP contribution in [0.4, 0.5) is 0 Å². The molecule has 0 aliphatic carbocycles. The zero-order chi connectivity index (χ0) is 17.4. The first-order valence-electron chi connectivity index (χ1n) is 7.90. The lowest BCUT2D eigenvalue weighted by atomic mass is 10.0. The highest BCUT2D eigenvalue weighted by atomic mass is 32.1. The Morgan fingerprint density at radius 2 is 1.80 bits per heavy atom. The van der Waals surface area contributed by atoms with Crippen molar-refractivity contribution in [1.82, 2.24) is 9.97 Å². The van der Waals surface area contributed by atoms with Crippen molar-refractivity contribution < 1.29 is 4.74 Å². The second-order valence-electron chi connectivity index (χ2n) is 5.73. The van der Waals surface area contributed by atoms with Gasteiger partial charge < -0.3 is 9.72 Å². The van der Waals surface area contributed by atoms with Crippen LogP contribution in [-0.4, -0.2) is 17.1 Å². The fourth-order valence-corrected chi connectivity index (χ4v) is 4.02. The van der Waals surface area contributed by atoms with E-state index in [1.807, 2.05) is 61.5 Å². The lowest BCUT2D eigenvalue weighted by Gasteiger charge is -2.05. The maximum atomic E-state index is 12.8. The maximum absolute atomic E-state index is 12.8. The van der Waals surface area contributed by atoms with Crippen molar-refractivity contribution in [3.8, 4) is 28.3 Å². The summed E-state index contributed by atoms with van der Waals surface area (Å²) in [7, 11) is 1.64. The molecule has 0 atom stereocenters. The monoisotopic (exact) mass is 348 g/mol. The second kappa shape index (κ2) is 6.18. The van der Waals surface area contributed by atoms with Gasteiger partial charge in [0.25, 0.3) is 5.56 Å². The van der Waals surface area contributed by atoms with Crippen LogP contribution in [-0.2, 0) is 0 Å². The van der Waals surface area contributed by atoms with Crippen molar-refractivity contribution in [3.63, 3.8) is 0 Å². The molecular formula is C20H16N2O2S. The number of aromatic nitrogens is 2. The SMILES string of the molecule is COc1cccc(-c2c(C)sc3nc(-c4ccccc4)[nH]c(=O)c23)c1. The smallest absolute Gasteiger partial charge is 0.260 e. The van der Waals surface area contributed by atoms with Crippen LogP contribution in [0.2, 0.25) is 0 Å². The minimum atomic E-state index is -0.119. The van der Waals surface area contributed by atoms with E-state index >= 15 is 0 Å². The van der Waals surface area contributed by atoms with Gasteiger partial charge in [0.2, 0.25) is 0 Å². The Kier molecular flexibility index (Phi) is 3.86. The van der Waals surface area contributed by atoms with Crippen LogP contribution in [0.1, 0.15) is 4.88 Å². The first-order chi connectivity index (χ1) is 12.2. The number of hydrogen-bond donors (Lipinski definition) is 1. The molecule has 0 amide bonds. The van der Waals surface area contributed by atoms with Crippen LogP contribution in [0.25, 0.3) is 32.7 Å². The van der Waals surface area contributed by atoms with E-state index in [0.717, 1.165) is 32.1 Å². The van der Waals surface area contributed by atoms with Crippen molar-refractivity contribution in [2.75, 3.05) is 7.11 Å². The maximum Gasteiger partial charge on any atom is 0.260 e. The predicted molar refractivity (Wildman–Crippen MR) is 102 cm³/mol. The van der Waals surface area contributed by atoms with Crippen LogP contribution in [0.5, 0.6) is 5.75 Å². The van der Waals surface area contributed by atoms with Gasteiger partial charge in [0.1, 0.15) is 16.4 Å². The van der Waals surface area contributed by atoms with Gasteiger partial charge in [0.05, 0.1) is 12.5 Å². The van der Waals surface area contributed by atoms with Gasteiger partial charge in [-0.3, -0.25) is 4.79 Å². The van der Waals surface area contributed by atoms with Gasteiger partial charge in [-0.1, -0.05) is 42.5 Å². The average Bonchev–Trinajstić information content (AvgIpc) is 2.99. The van der Waals surface area contributed by atoms with Gasteiger partial charge in [-0.15, -0.1) is 11.3 Å². The van der Waals surface area contributed by atoms with Crippen molar-refractivity contribution in [2.24, 2.45) is 0 Å². The number of methoxy groups -OCH3 is 1. The summed E-state index contributed by atoms with van der Waals surface area (Å²) in [6, 6.07) is 17.4. The lowest BCUT2D eigenvalue weighted by molar-refractivity contribution is 0.415. The van der Waals surface area contributed by atoms with E-state index < -0.39 is 0 Å². The molecule has 4 rings (SSSR count). The molecule has 2 heterocycles. The molecule has 0 unspecified atom stereocenters. The average molecular weight is 348 g/mol. The summed E-state index contributed by atoms with van der Waals surface area (Å²) < 4.78 is 5.31. The predicted octanol–water partition coefficient (Wildman–Crippen LogP) is 4.64. The van der Waals surface area contributed by atoms with E-state index in [4.69, 9.17) is 4.74 Å². The first-order valence-corrected chi connectivity index (χ1v) is 8.72. The zero-order valence-electron chi connectivity index (χ0n) is 13.9. The molecule has 0 saturated carbocycles. The number of nitrogens with zero attached hydrogens (tertiary/aromatic N) is 1. The Labute approximate surface area is 148 Å². The van der Waals surface area contributed by atoms with E-state index in [9.17, 15) is 4.79 Å². The minimum Gasteiger partial charge on any atom is -0.497 e. The van der Waals surface area contributed by atoms with Crippen molar-refractivity contribution in [2.45, 2.75) is 6.92 Å². The van der Waals surface area contributed by atoms with E-state index in [0.29, 0.717) is 11.2 Å². The van der Waals surface area contributed by atoms with Crippen LogP contribution >= 0.6 is 11.3 Å². The molecule has 25 heavy (non-hydrogen) atoms. The summed E-state index contributed by atoms with van der Waals surface area (Å²) in [6.45, 7) is 2.02. The van der Waals surface area contributed by atoms with Crippen LogP contribution < -0.4 is 10.3 Å². The normalized spacial score (nSPS) is 11.0. The van der Waals surface area contributed by atoms with Gasteiger partial charge in [0, 0.05) is 16.0 Å². The molecule has 0 saturated heterocycles. The van der Waals surface area contributed by atoms with E-state index in [1.165, 1.54) is 11.3 Å². The summed E-state index contributed by atoms with van der Waals surface area (Å²) >= 11 is 1.54.